The SMILES string of the molecule is C=CCOC12Oc3ccc(Oc4ccc(C)c(C)c4)cc3C3C(CCCCO)C(CCCCO)C=C(C(=NOC)CC1N(C)C(=O)c1ccc4ccccc4c1)C32. The molecule has 9 heteroatoms. The summed E-state index contributed by atoms with van der Waals surface area (Å²) in [4.78, 5) is 22.0. The van der Waals surface area contributed by atoms with Crippen LogP contribution in [0.25, 0.3) is 10.8 Å². The number of hydrogen-bond acceptors (Lipinski definition) is 8. The summed E-state index contributed by atoms with van der Waals surface area (Å²) < 4.78 is 20.9. The lowest BCUT2D eigenvalue weighted by molar-refractivity contribution is -0.252. The van der Waals surface area contributed by atoms with Gasteiger partial charge < -0.3 is 34.2 Å². The van der Waals surface area contributed by atoms with Crippen LogP contribution in [0.4, 0.5) is 0 Å². The van der Waals surface area contributed by atoms with E-state index in [9.17, 15) is 15.0 Å². The second-order valence-corrected chi connectivity index (χ2v) is 15.8. The van der Waals surface area contributed by atoms with Crippen molar-refractivity contribution in [3.63, 3.8) is 0 Å². The van der Waals surface area contributed by atoms with Gasteiger partial charge in [0.2, 0.25) is 5.79 Å². The maximum absolute atomic E-state index is 14.7. The number of carbonyl (C=O) groups excluding carboxylic acids is 1. The van der Waals surface area contributed by atoms with E-state index >= 15 is 0 Å². The number of nitrogens with zero attached hydrogens (tertiary/aromatic N) is 2. The minimum absolute atomic E-state index is 0.110. The maximum atomic E-state index is 14.7. The number of unbranched alkanes of at least 4 members (excludes halogenated alkanes) is 2. The summed E-state index contributed by atoms with van der Waals surface area (Å²) in [5.41, 5.74) is 5.66. The number of likely N-dealkylation sites (N-methyl/N-ethyl adjacent to an activating group) is 1. The highest BCUT2D eigenvalue weighted by atomic mass is 16.7. The smallest absolute Gasteiger partial charge is 0.254 e. The van der Waals surface area contributed by atoms with Crippen molar-refractivity contribution >= 4 is 22.4 Å². The van der Waals surface area contributed by atoms with Crippen LogP contribution >= 0.6 is 0 Å². The van der Waals surface area contributed by atoms with Crippen molar-refractivity contribution in [1.82, 2.24) is 4.90 Å². The molecular formula is C48H56N2O7. The number of aliphatic hydroxyl groups is 2. The lowest BCUT2D eigenvalue weighted by Crippen LogP contribution is -2.69. The normalized spacial score (nSPS) is 24.2. The van der Waals surface area contributed by atoms with Gasteiger partial charge in [-0.2, -0.15) is 0 Å². The number of amides is 1. The monoisotopic (exact) mass is 772 g/mol. The molecule has 2 aliphatic carbocycles. The van der Waals surface area contributed by atoms with Gasteiger partial charge in [-0.3, -0.25) is 4.79 Å². The summed E-state index contributed by atoms with van der Waals surface area (Å²) in [5, 5.41) is 26.4. The Morgan fingerprint density at radius 3 is 2.40 bits per heavy atom. The van der Waals surface area contributed by atoms with E-state index in [4.69, 9.17) is 19.0 Å². The molecule has 0 bridgehead atoms. The number of rotatable bonds is 16. The standard InChI is InChI=1S/C48H56N2O7/c1-6-25-55-48-44(50(4)47(53)36-19-18-33-13-7-8-14-34(33)27-36)30-42(49-54-5)40-28-35(15-9-11-23-51)39(16-10-12-24-52)45(46(40)48)41-29-38(21-22-43(41)57-48)56-37-20-17-31(2)32(3)26-37/h6-8,13-14,17-22,26-29,35,39,44-46,51-52H,1,9-12,15-16,23-25,30H2,2-5H3. The lowest BCUT2D eigenvalue weighted by atomic mass is 9.55. The summed E-state index contributed by atoms with van der Waals surface area (Å²) in [6.45, 7) is 8.63. The molecule has 0 radical (unpaired) electrons. The highest BCUT2D eigenvalue weighted by Gasteiger charge is 2.65. The van der Waals surface area contributed by atoms with Gasteiger partial charge in [0, 0.05) is 43.7 Å². The molecular weight excluding hydrogens is 717 g/mol. The van der Waals surface area contributed by atoms with Crippen LogP contribution in [0.15, 0.2) is 108 Å². The number of fused-ring (bicyclic) bond motifs is 3. The van der Waals surface area contributed by atoms with Crippen molar-refractivity contribution in [2.24, 2.45) is 22.9 Å². The van der Waals surface area contributed by atoms with Crippen LogP contribution in [0.2, 0.25) is 0 Å². The number of carbonyl (C=O) groups is 1. The fraction of sp³-hybridized carbons (Fsp3) is 0.417. The Kier molecular flexibility index (Phi) is 12.5. The second kappa shape index (κ2) is 17.7. The Morgan fingerprint density at radius 1 is 0.930 bits per heavy atom. The fourth-order valence-corrected chi connectivity index (χ4v) is 9.48. The summed E-state index contributed by atoms with van der Waals surface area (Å²) in [6, 6.07) is 25.3. The van der Waals surface area contributed by atoms with Gasteiger partial charge in [0.1, 0.15) is 30.4 Å². The molecule has 9 nitrogen and oxygen atoms in total. The van der Waals surface area contributed by atoms with Crippen molar-refractivity contribution in [3.8, 4) is 17.2 Å². The van der Waals surface area contributed by atoms with E-state index in [0.29, 0.717) is 36.3 Å². The van der Waals surface area contributed by atoms with E-state index in [1.165, 1.54) is 5.56 Å². The third kappa shape index (κ3) is 7.98. The molecule has 300 valence electrons. The average molecular weight is 773 g/mol. The van der Waals surface area contributed by atoms with Gasteiger partial charge in [-0.05, 0) is 121 Å². The number of allylic oxidation sites excluding steroid dienone is 1. The zero-order valence-corrected chi connectivity index (χ0v) is 33.7. The number of benzene rings is 4. The molecule has 1 saturated carbocycles. The van der Waals surface area contributed by atoms with E-state index in [2.05, 4.69) is 49.9 Å². The van der Waals surface area contributed by atoms with Crippen molar-refractivity contribution in [2.45, 2.75) is 76.5 Å². The van der Waals surface area contributed by atoms with Crippen molar-refractivity contribution in [3.05, 3.63) is 125 Å². The minimum Gasteiger partial charge on any atom is -0.459 e. The van der Waals surface area contributed by atoms with Crippen LogP contribution in [-0.2, 0) is 9.57 Å². The van der Waals surface area contributed by atoms with Crippen molar-refractivity contribution < 1.29 is 34.1 Å². The Hall–Kier alpha value is -4.96. The van der Waals surface area contributed by atoms with Gasteiger partial charge in [-0.25, -0.2) is 0 Å². The molecule has 0 spiro atoms. The molecule has 6 atom stereocenters. The van der Waals surface area contributed by atoms with E-state index in [0.717, 1.165) is 64.6 Å². The summed E-state index contributed by atoms with van der Waals surface area (Å²) in [5.74, 6) is 0.356. The number of ether oxygens (including phenoxy) is 3. The third-order valence-electron chi connectivity index (χ3n) is 12.3. The largest absolute Gasteiger partial charge is 0.459 e. The first-order chi connectivity index (χ1) is 27.7. The van der Waals surface area contributed by atoms with Gasteiger partial charge in [0.05, 0.1) is 18.2 Å². The van der Waals surface area contributed by atoms with Gasteiger partial charge in [-0.15, -0.1) is 6.58 Å². The summed E-state index contributed by atoms with van der Waals surface area (Å²) in [6.07, 6.45) is 9.22. The molecule has 0 aromatic heterocycles. The van der Waals surface area contributed by atoms with E-state index in [1.54, 1.807) is 18.1 Å². The zero-order chi connectivity index (χ0) is 40.1. The number of aliphatic hydroxyl groups excluding tert-OH is 2. The number of oxime groups is 1. The molecule has 7 rings (SSSR count). The molecule has 4 aromatic carbocycles. The minimum atomic E-state index is -1.33. The molecule has 1 aliphatic heterocycles. The van der Waals surface area contributed by atoms with Crippen LogP contribution in [0.1, 0.15) is 77.9 Å². The third-order valence-corrected chi connectivity index (χ3v) is 12.3. The Bertz CT molecular complexity index is 2140. The van der Waals surface area contributed by atoms with Crippen LogP contribution in [-0.4, -0.2) is 72.5 Å². The first kappa shape index (κ1) is 40.2. The van der Waals surface area contributed by atoms with Crippen molar-refractivity contribution in [1.29, 1.82) is 0 Å². The highest BCUT2D eigenvalue weighted by Crippen LogP contribution is 2.62. The number of hydrogen-bond donors (Lipinski definition) is 2. The maximum Gasteiger partial charge on any atom is 0.254 e. The van der Waals surface area contributed by atoms with E-state index < -0.39 is 17.7 Å². The summed E-state index contributed by atoms with van der Waals surface area (Å²) >= 11 is 0. The zero-order valence-electron chi connectivity index (χ0n) is 33.7. The topological polar surface area (TPSA) is 110 Å². The Morgan fingerprint density at radius 2 is 1.67 bits per heavy atom. The molecule has 0 saturated heterocycles. The Balaban J connectivity index is 1.41. The predicted octanol–water partition coefficient (Wildman–Crippen LogP) is 9.28. The second-order valence-electron chi connectivity index (χ2n) is 15.8. The average Bonchev–Trinajstić information content (AvgIpc) is 3.22. The van der Waals surface area contributed by atoms with E-state index in [1.807, 2.05) is 67.7 Å². The fourth-order valence-electron chi connectivity index (χ4n) is 9.48. The van der Waals surface area contributed by atoms with Crippen LogP contribution < -0.4 is 9.47 Å². The lowest BCUT2D eigenvalue weighted by Gasteiger charge is -2.59. The molecule has 1 fully saturated rings. The van der Waals surface area contributed by atoms with Gasteiger partial charge in [0.15, 0.2) is 0 Å². The molecule has 4 aromatic rings. The van der Waals surface area contributed by atoms with Crippen LogP contribution in [0.3, 0.4) is 0 Å². The Labute approximate surface area is 336 Å². The van der Waals surface area contributed by atoms with Gasteiger partial charge in [-0.1, -0.05) is 66.5 Å². The number of aryl methyl sites for hydroxylation is 2. The highest BCUT2D eigenvalue weighted by molar-refractivity contribution is 6.04. The summed E-state index contributed by atoms with van der Waals surface area (Å²) in [7, 11) is 3.39. The van der Waals surface area contributed by atoms with Crippen LogP contribution in [0, 0.1) is 31.6 Å². The molecule has 6 unspecified atom stereocenters. The first-order valence-corrected chi connectivity index (χ1v) is 20.4. The first-order valence-electron chi connectivity index (χ1n) is 20.4. The quantitative estimate of drug-likeness (QED) is 0.0664. The molecule has 3 aliphatic rings. The molecule has 1 amide bonds. The molecule has 1 heterocycles. The van der Waals surface area contributed by atoms with E-state index in [-0.39, 0.29) is 43.5 Å². The predicted molar refractivity (Wildman–Crippen MR) is 224 cm³/mol. The molecule has 57 heavy (non-hydrogen) atoms. The molecule has 2 N–H and O–H groups in total. The van der Waals surface area contributed by atoms with Gasteiger partial charge in [0.25, 0.3) is 5.91 Å². The van der Waals surface area contributed by atoms with Crippen molar-refractivity contribution in [2.75, 3.05) is 34.0 Å². The van der Waals surface area contributed by atoms with Crippen LogP contribution in [0.5, 0.6) is 17.2 Å². The van der Waals surface area contributed by atoms with Gasteiger partial charge >= 0.3 is 0 Å².